The van der Waals surface area contributed by atoms with E-state index in [0.29, 0.717) is 17.1 Å². The summed E-state index contributed by atoms with van der Waals surface area (Å²) in [4.78, 5) is 30.3. The minimum absolute atomic E-state index is 0.108. The third-order valence-corrected chi connectivity index (χ3v) is 3.13. The number of nitrogens with zero attached hydrogens (tertiary/aromatic N) is 2. The number of aromatic nitrogens is 2. The van der Waals surface area contributed by atoms with E-state index in [1.54, 1.807) is 31.5 Å². The highest BCUT2D eigenvalue weighted by Crippen LogP contribution is 2.25. The number of carbonyl (C=O) groups excluding carboxylic acids is 2. The Kier molecular flexibility index (Phi) is 7.38. The van der Waals surface area contributed by atoms with Gasteiger partial charge in [-0.1, -0.05) is 6.07 Å². The molecule has 0 spiro atoms. The van der Waals surface area contributed by atoms with Crippen LogP contribution in [-0.2, 0) is 9.59 Å². The summed E-state index contributed by atoms with van der Waals surface area (Å²) >= 11 is 0. The first-order chi connectivity index (χ1) is 11.5. The van der Waals surface area contributed by atoms with Crippen LogP contribution in [-0.4, -0.2) is 46.5 Å². The largest absolute Gasteiger partial charge is 0.400 e. The van der Waals surface area contributed by atoms with Gasteiger partial charge >= 0.3 is 0 Å². The third-order valence-electron chi connectivity index (χ3n) is 3.13. The lowest BCUT2D eigenvalue weighted by atomic mass is 9.99. The maximum Gasteiger partial charge on any atom is 0.178 e. The Morgan fingerprint density at radius 1 is 1.25 bits per heavy atom. The number of hydrogen-bond donors (Lipinski definition) is 3. The third kappa shape index (κ3) is 4.79. The SMILES string of the molecule is CC(=O)C(=N)c1cc(-c2cnc(C)nc2)ccc1NCC=O.CO. The van der Waals surface area contributed by atoms with Gasteiger partial charge in [-0.15, -0.1) is 0 Å². The van der Waals surface area contributed by atoms with Crippen LogP contribution in [0, 0.1) is 12.3 Å². The Morgan fingerprint density at radius 2 is 1.88 bits per heavy atom. The number of aliphatic hydroxyl groups excluding tert-OH is 1. The van der Waals surface area contributed by atoms with E-state index in [-0.39, 0.29) is 18.0 Å². The van der Waals surface area contributed by atoms with Gasteiger partial charge in [-0.25, -0.2) is 9.97 Å². The molecule has 2 rings (SSSR count). The van der Waals surface area contributed by atoms with E-state index in [2.05, 4.69) is 15.3 Å². The molecule has 0 saturated heterocycles. The molecular weight excluding hydrogens is 308 g/mol. The van der Waals surface area contributed by atoms with Crippen molar-refractivity contribution >= 4 is 23.5 Å². The Balaban J connectivity index is 0.00000139. The zero-order valence-corrected chi connectivity index (χ0v) is 13.8. The van der Waals surface area contributed by atoms with Gasteiger partial charge in [0.25, 0.3) is 0 Å². The van der Waals surface area contributed by atoms with Crippen LogP contribution in [0.25, 0.3) is 11.1 Å². The molecule has 126 valence electrons. The summed E-state index contributed by atoms with van der Waals surface area (Å²) in [5.74, 6) is 0.330. The van der Waals surface area contributed by atoms with Crippen LogP contribution in [0.4, 0.5) is 5.69 Å². The minimum atomic E-state index is -0.341. The van der Waals surface area contributed by atoms with Crippen LogP contribution >= 0.6 is 0 Å². The van der Waals surface area contributed by atoms with Crippen molar-refractivity contribution in [3.8, 4) is 11.1 Å². The average molecular weight is 328 g/mol. The summed E-state index contributed by atoms with van der Waals surface area (Å²) in [5, 5.41) is 17.8. The molecule has 0 fully saturated rings. The molecule has 7 nitrogen and oxygen atoms in total. The standard InChI is InChI=1S/C16H16N4O2.CH4O/c1-10(22)16(17)14-7-12(3-4-15(14)18-5-6-21)13-8-19-11(2)20-9-13;1-2/h3-4,6-9,17-18H,5H2,1-2H3;2H,1H3. The normalized spacial score (nSPS) is 9.50. The van der Waals surface area contributed by atoms with Crippen molar-refractivity contribution in [2.45, 2.75) is 13.8 Å². The van der Waals surface area contributed by atoms with Crippen LogP contribution in [0.15, 0.2) is 30.6 Å². The van der Waals surface area contributed by atoms with Gasteiger partial charge in [-0.3, -0.25) is 10.2 Å². The lowest BCUT2D eigenvalue weighted by Gasteiger charge is -2.12. The first kappa shape index (κ1) is 19.1. The number of Topliss-reactive ketones (excluding diaryl/α,β-unsaturated/α-hetero) is 1. The van der Waals surface area contributed by atoms with E-state index in [4.69, 9.17) is 10.5 Å². The number of anilines is 1. The van der Waals surface area contributed by atoms with Crippen molar-refractivity contribution in [1.82, 2.24) is 9.97 Å². The predicted molar refractivity (Wildman–Crippen MR) is 92.4 cm³/mol. The Labute approximate surface area is 140 Å². The molecular formula is C17H20N4O3. The van der Waals surface area contributed by atoms with Crippen molar-refractivity contribution in [2.75, 3.05) is 19.0 Å². The van der Waals surface area contributed by atoms with Gasteiger partial charge in [0, 0.05) is 43.2 Å². The van der Waals surface area contributed by atoms with E-state index in [0.717, 1.165) is 24.5 Å². The summed E-state index contributed by atoms with van der Waals surface area (Å²) in [6.07, 6.45) is 4.11. The highest BCUT2D eigenvalue weighted by molar-refractivity contribution is 6.45. The van der Waals surface area contributed by atoms with E-state index >= 15 is 0 Å². The fourth-order valence-electron chi connectivity index (χ4n) is 1.97. The Bertz CT molecular complexity index is 727. The molecule has 0 atom stereocenters. The number of nitrogens with one attached hydrogen (secondary N) is 2. The number of hydrogen-bond acceptors (Lipinski definition) is 7. The van der Waals surface area contributed by atoms with Gasteiger partial charge in [0.05, 0.1) is 6.54 Å². The number of ketones is 1. The molecule has 1 aromatic carbocycles. The molecule has 0 unspecified atom stereocenters. The molecule has 24 heavy (non-hydrogen) atoms. The molecule has 3 N–H and O–H groups in total. The Hall–Kier alpha value is -2.93. The van der Waals surface area contributed by atoms with Crippen molar-refractivity contribution in [3.63, 3.8) is 0 Å². The van der Waals surface area contributed by atoms with Crippen molar-refractivity contribution in [3.05, 3.63) is 42.0 Å². The number of carbonyl (C=O) groups is 2. The number of aryl methyl sites for hydroxylation is 1. The van der Waals surface area contributed by atoms with Crippen LogP contribution in [0.5, 0.6) is 0 Å². The summed E-state index contributed by atoms with van der Waals surface area (Å²) in [6, 6.07) is 5.30. The smallest absolute Gasteiger partial charge is 0.178 e. The van der Waals surface area contributed by atoms with Gasteiger partial charge in [-0.2, -0.15) is 0 Å². The molecule has 2 aromatic rings. The monoisotopic (exact) mass is 328 g/mol. The molecule has 7 heteroatoms. The molecule has 0 aliphatic carbocycles. The first-order valence-corrected chi connectivity index (χ1v) is 7.18. The highest BCUT2D eigenvalue weighted by atomic mass is 16.2. The predicted octanol–water partition coefficient (Wildman–Crippen LogP) is 1.63. The van der Waals surface area contributed by atoms with Crippen molar-refractivity contribution in [2.24, 2.45) is 0 Å². The fraction of sp³-hybridized carbons (Fsp3) is 0.235. The minimum Gasteiger partial charge on any atom is -0.400 e. The fourth-order valence-corrected chi connectivity index (χ4v) is 1.97. The number of aldehydes is 1. The van der Waals surface area contributed by atoms with Crippen molar-refractivity contribution in [1.29, 1.82) is 5.41 Å². The summed E-state index contributed by atoms with van der Waals surface area (Å²) in [7, 11) is 1.00. The van der Waals surface area contributed by atoms with Gasteiger partial charge in [0.2, 0.25) is 0 Å². The zero-order chi connectivity index (χ0) is 18.1. The highest BCUT2D eigenvalue weighted by Gasteiger charge is 2.13. The lowest BCUT2D eigenvalue weighted by Crippen LogP contribution is -2.14. The maximum absolute atomic E-state index is 11.5. The molecule has 0 radical (unpaired) electrons. The molecule has 0 aliphatic heterocycles. The van der Waals surface area contributed by atoms with Crippen molar-refractivity contribution < 1.29 is 14.7 Å². The maximum atomic E-state index is 11.5. The van der Waals surface area contributed by atoms with Gasteiger partial charge in [0.1, 0.15) is 17.8 Å². The number of rotatable bonds is 6. The molecule has 1 heterocycles. The quantitative estimate of drug-likeness (QED) is 0.548. The zero-order valence-electron chi connectivity index (χ0n) is 13.8. The van der Waals surface area contributed by atoms with Crippen LogP contribution < -0.4 is 5.32 Å². The van der Waals surface area contributed by atoms with E-state index in [1.165, 1.54) is 6.92 Å². The second-order valence-corrected chi connectivity index (χ2v) is 4.76. The number of aliphatic hydroxyl groups is 1. The van der Waals surface area contributed by atoms with E-state index < -0.39 is 0 Å². The van der Waals surface area contributed by atoms with E-state index in [1.807, 2.05) is 6.07 Å². The van der Waals surface area contributed by atoms with Gasteiger partial charge < -0.3 is 15.2 Å². The average Bonchev–Trinajstić information content (AvgIpc) is 2.61. The summed E-state index contributed by atoms with van der Waals surface area (Å²) in [6.45, 7) is 3.26. The summed E-state index contributed by atoms with van der Waals surface area (Å²) < 4.78 is 0. The first-order valence-electron chi connectivity index (χ1n) is 7.18. The van der Waals surface area contributed by atoms with Gasteiger partial charge in [0.15, 0.2) is 5.78 Å². The molecule has 0 bridgehead atoms. The topological polar surface area (TPSA) is 116 Å². The molecule has 0 amide bonds. The van der Waals surface area contributed by atoms with E-state index in [9.17, 15) is 9.59 Å². The second kappa shape index (κ2) is 9.26. The molecule has 0 aliphatic rings. The molecule has 1 aromatic heterocycles. The van der Waals surface area contributed by atoms with Gasteiger partial charge in [-0.05, 0) is 24.6 Å². The Morgan fingerprint density at radius 3 is 2.42 bits per heavy atom. The summed E-state index contributed by atoms with van der Waals surface area (Å²) in [5.41, 5.74) is 2.52. The van der Waals surface area contributed by atoms with Crippen LogP contribution in [0.1, 0.15) is 18.3 Å². The number of benzene rings is 1. The second-order valence-electron chi connectivity index (χ2n) is 4.76. The van der Waals surface area contributed by atoms with Crippen LogP contribution in [0.3, 0.4) is 0 Å². The van der Waals surface area contributed by atoms with Crippen LogP contribution in [0.2, 0.25) is 0 Å². The lowest BCUT2D eigenvalue weighted by molar-refractivity contribution is -0.111. The molecule has 0 saturated carbocycles.